The van der Waals surface area contributed by atoms with Crippen molar-refractivity contribution in [3.05, 3.63) is 35.9 Å². The molecule has 1 saturated heterocycles. The van der Waals surface area contributed by atoms with E-state index >= 15 is 0 Å². The van der Waals surface area contributed by atoms with Crippen molar-refractivity contribution < 1.29 is 23.1 Å². The zero-order chi connectivity index (χ0) is 14.4. The average Bonchev–Trinajstić information content (AvgIpc) is 3.25. The molecule has 1 aliphatic rings. The Bertz CT molecular complexity index is 436. The lowest BCUT2D eigenvalue weighted by Gasteiger charge is -2.25. The lowest BCUT2D eigenvalue weighted by atomic mass is 10.2. The van der Waals surface area contributed by atoms with E-state index in [9.17, 15) is 4.57 Å². The van der Waals surface area contributed by atoms with Crippen molar-refractivity contribution in [1.82, 2.24) is 0 Å². The molecule has 0 saturated carbocycles. The van der Waals surface area contributed by atoms with Crippen molar-refractivity contribution in [1.29, 1.82) is 0 Å². The van der Waals surface area contributed by atoms with Gasteiger partial charge in [-0.2, -0.15) is 0 Å². The van der Waals surface area contributed by atoms with E-state index in [0.717, 1.165) is 5.56 Å². The summed E-state index contributed by atoms with van der Waals surface area (Å²) in [5.41, 5.74) is 1.01. The van der Waals surface area contributed by atoms with Crippen LogP contribution in [0.5, 0.6) is 0 Å². The first-order valence-electron chi connectivity index (χ1n) is 6.85. The lowest BCUT2D eigenvalue weighted by molar-refractivity contribution is 0.0433. The van der Waals surface area contributed by atoms with Gasteiger partial charge in [-0.25, -0.2) is 0 Å². The fourth-order valence-electron chi connectivity index (χ4n) is 1.92. The zero-order valence-corrected chi connectivity index (χ0v) is 12.8. The van der Waals surface area contributed by atoms with Crippen molar-refractivity contribution in [2.75, 3.05) is 19.8 Å². The molecule has 0 radical (unpaired) electrons. The average molecular weight is 300 g/mol. The second kappa shape index (κ2) is 7.34. The van der Waals surface area contributed by atoms with Gasteiger partial charge in [-0.3, -0.25) is 4.57 Å². The summed E-state index contributed by atoms with van der Waals surface area (Å²) in [4.78, 5) is 0. The van der Waals surface area contributed by atoms with Gasteiger partial charge in [-0.1, -0.05) is 30.3 Å². The summed E-state index contributed by atoms with van der Waals surface area (Å²) in [5, 5.41) is 0. The van der Waals surface area contributed by atoms with Crippen molar-refractivity contribution in [3.63, 3.8) is 0 Å². The molecule has 0 bridgehead atoms. The molecule has 1 aliphatic heterocycles. The van der Waals surface area contributed by atoms with Crippen LogP contribution in [0.2, 0.25) is 0 Å². The molecule has 1 aromatic rings. The van der Waals surface area contributed by atoms with Crippen LogP contribution in [-0.4, -0.2) is 31.8 Å². The molecule has 0 N–H and O–H groups in total. The summed E-state index contributed by atoms with van der Waals surface area (Å²) >= 11 is 0. The van der Waals surface area contributed by atoms with Gasteiger partial charge >= 0.3 is 7.60 Å². The highest BCUT2D eigenvalue weighted by atomic mass is 31.2. The minimum Gasteiger partial charge on any atom is -0.370 e. The number of rotatable bonds is 9. The standard InChI is InChI=1S/C14H21O5P/c1-3-18-20(15,19-4-2)14(13-11-16-13)17-10-12-8-6-5-7-9-12/h5-9,13-14H,3-4,10-11H2,1-2H3/t13-,14-/m0/s1. The Morgan fingerprint density at radius 3 is 2.35 bits per heavy atom. The van der Waals surface area contributed by atoms with Crippen LogP contribution in [0.25, 0.3) is 0 Å². The highest BCUT2D eigenvalue weighted by Gasteiger charge is 2.48. The van der Waals surface area contributed by atoms with E-state index in [4.69, 9.17) is 18.5 Å². The smallest absolute Gasteiger partial charge is 0.361 e. The third-order valence-corrected chi connectivity index (χ3v) is 5.21. The van der Waals surface area contributed by atoms with Crippen LogP contribution >= 0.6 is 7.60 Å². The highest BCUT2D eigenvalue weighted by Crippen LogP contribution is 2.56. The first-order chi connectivity index (χ1) is 9.69. The van der Waals surface area contributed by atoms with Crippen LogP contribution < -0.4 is 0 Å². The second-order valence-electron chi connectivity index (χ2n) is 4.43. The van der Waals surface area contributed by atoms with Gasteiger partial charge in [0.25, 0.3) is 0 Å². The summed E-state index contributed by atoms with van der Waals surface area (Å²) in [7, 11) is -3.31. The first kappa shape index (κ1) is 15.7. The van der Waals surface area contributed by atoms with Gasteiger partial charge < -0.3 is 18.5 Å². The molecule has 5 nitrogen and oxygen atoms in total. The third-order valence-electron chi connectivity index (χ3n) is 2.87. The van der Waals surface area contributed by atoms with Crippen LogP contribution in [0.3, 0.4) is 0 Å². The van der Waals surface area contributed by atoms with Gasteiger partial charge in [0.05, 0.1) is 26.4 Å². The van der Waals surface area contributed by atoms with E-state index in [1.807, 2.05) is 30.3 Å². The van der Waals surface area contributed by atoms with Gasteiger partial charge in [0.2, 0.25) is 0 Å². The van der Waals surface area contributed by atoms with Crippen LogP contribution in [-0.2, 0) is 29.7 Å². The largest absolute Gasteiger partial charge is 0.370 e. The number of hydrogen-bond donors (Lipinski definition) is 0. The maximum Gasteiger partial charge on any atom is 0.361 e. The minimum atomic E-state index is -3.31. The monoisotopic (exact) mass is 300 g/mol. The normalized spacial score (nSPS) is 19.8. The molecule has 0 aliphatic carbocycles. The second-order valence-corrected chi connectivity index (χ2v) is 6.54. The molecule has 20 heavy (non-hydrogen) atoms. The molecular weight excluding hydrogens is 279 g/mol. The molecule has 0 spiro atoms. The topological polar surface area (TPSA) is 57.3 Å². The van der Waals surface area contributed by atoms with Gasteiger partial charge in [-0.05, 0) is 19.4 Å². The number of hydrogen-bond acceptors (Lipinski definition) is 5. The Hall–Kier alpha value is -0.710. The predicted molar refractivity (Wildman–Crippen MR) is 75.6 cm³/mol. The number of ether oxygens (including phenoxy) is 2. The molecule has 0 aromatic heterocycles. The van der Waals surface area contributed by atoms with Crippen LogP contribution in [0.15, 0.2) is 30.3 Å². The third kappa shape index (κ3) is 4.14. The zero-order valence-electron chi connectivity index (χ0n) is 11.9. The van der Waals surface area contributed by atoms with E-state index in [1.165, 1.54) is 0 Å². The highest BCUT2D eigenvalue weighted by molar-refractivity contribution is 7.54. The summed E-state index contributed by atoms with van der Waals surface area (Å²) in [5.74, 6) is -0.664. The number of benzene rings is 1. The molecule has 1 heterocycles. The molecule has 112 valence electrons. The van der Waals surface area contributed by atoms with Crippen LogP contribution in [0.4, 0.5) is 0 Å². The van der Waals surface area contributed by atoms with E-state index < -0.39 is 13.4 Å². The van der Waals surface area contributed by atoms with Gasteiger partial charge in [0, 0.05) is 0 Å². The molecule has 1 aromatic carbocycles. The van der Waals surface area contributed by atoms with Crippen LogP contribution in [0.1, 0.15) is 19.4 Å². The van der Waals surface area contributed by atoms with Crippen molar-refractivity contribution in [3.8, 4) is 0 Å². The maximum atomic E-state index is 12.8. The predicted octanol–water partition coefficient (Wildman–Crippen LogP) is 3.19. The minimum absolute atomic E-state index is 0.206. The molecule has 0 unspecified atom stereocenters. The number of epoxide rings is 1. The SMILES string of the molecule is CCOP(=O)(OCC)[C@H](OCc1ccccc1)[C@@H]1CO1. The maximum absolute atomic E-state index is 12.8. The van der Waals surface area contributed by atoms with Crippen molar-refractivity contribution in [2.45, 2.75) is 32.4 Å². The van der Waals surface area contributed by atoms with E-state index in [1.54, 1.807) is 13.8 Å². The fourth-order valence-corrected chi connectivity index (χ4v) is 3.85. The summed E-state index contributed by atoms with van der Waals surface area (Å²) in [6, 6.07) is 9.72. The van der Waals surface area contributed by atoms with E-state index in [0.29, 0.717) is 26.4 Å². The van der Waals surface area contributed by atoms with E-state index in [2.05, 4.69) is 0 Å². The Labute approximate surface area is 119 Å². The molecule has 0 amide bonds. The van der Waals surface area contributed by atoms with Crippen molar-refractivity contribution >= 4 is 7.60 Å². The lowest BCUT2D eigenvalue weighted by Crippen LogP contribution is -2.23. The molecule has 2 rings (SSSR count). The molecule has 2 atom stereocenters. The molecule has 6 heteroatoms. The van der Waals surface area contributed by atoms with Gasteiger partial charge in [0.1, 0.15) is 6.10 Å². The Balaban J connectivity index is 2.04. The fraction of sp³-hybridized carbons (Fsp3) is 0.571. The first-order valence-corrected chi connectivity index (χ1v) is 8.46. The van der Waals surface area contributed by atoms with Crippen molar-refractivity contribution in [2.24, 2.45) is 0 Å². The van der Waals surface area contributed by atoms with Gasteiger partial charge in [0.15, 0.2) is 5.85 Å². The Morgan fingerprint density at radius 1 is 1.25 bits per heavy atom. The van der Waals surface area contributed by atoms with Gasteiger partial charge in [-0.15, -0.1) is 0 Å². The Kier molecular flexibility index (Phi) is 5.75. The van der Waals surface area contributed by atoms with Crippen LogP contribution in [0, 0.1) is 0 Å². The summed E-state index contributed by atoms with van der Waals surface area (Å²) in [6.07, 6.45) is -0.206. The molecule has 1 fully saturated rings. The Morgan fingerprint density at radius 2 is 1.85 bits per heavy atom. The summed E-state index contributed by atoms with van der Waals surface area (Å²) < 4.78 is 34.5. The quantitative estimate of drug-likeness (QED) is 0.518. The molecular formula is C14H21O5P. The van der Waals surface area contributed by atoms with E-state index in [-0.39, 0.29) is 6.10 Å². The summed E-state index contributed by atoms with van der Waals surface area (Å²) in [6.45, 7) is 5.09.